The highest BCUT2D eigenvalue weighted by Gasteiger charge is 2.33. The van der Waals surface area contributed by atoms with E-state index in [0.717, 1.165) is 23.1 Å². The minimum Gasteiger partial charge on any atom is -0.497 e. The molecule has 1 rings (SSSR count). The third-order valence-corrected chi connectivity index (χ3v) is 3.75. The van der Waals surface area contributed by atoms with E-state index in [1.165, 1.54) is 7.11 Å². The molecule has 0 fully saturated rings. The minimum atomic E-state index is -0.894. The molecule has 1 aromatic carbocycles. The fourth-order valence-electron chi connectivity index (χ4n) is 1.62. The fourth-order valence-corrected chi connectivity index (χ4v) is 2.20. The molecule has 0 aliphatic rings. The zero-order chi connectivity index (χ0) is 15.0. The molecule has 1 N–H and O–H groups in total. The zero-order valence-corrected chi connectivity index (χ0v) is 12.6. The Morgan fingerprint density at radius 2 is 2.05 bits per heavy atom. The summed E-state index contributed by atoms with van der Waals surface area (Å²) in [6, 6.07) is 7.55. The Morgan fingerprint density at radius 1 is 1.40 bits per heavy atom. The third kappa shape index (κ3) is 4.44. The Balaban J connectivity index is 2.70. The molecule has 1 aromatic rings. The van der Waals surface area contributed by atoms with E-state index >= 15 is 0 Å². The lowest BCUT2D eigenvalue weighted by atomic mass is 10.1. The van der Waals surface area contributed by atoms with Crippen molar-refractivity contribution in [1.29, 1.82) is 5.26 Å². The van der Waals surface area contributed by atoms with Crippen molar-refractivity contribution < 1.29 is 14.3 Å². The smallest absolute Gasteiger partial charge is 0.326 e. The van der Waals surface area contributed by atoms with Crippen LogP contribution in [0.25, 0.3) is 0 Å². The molecule has 0 unspecified atom stereocenters. The molecule has 0 spiro atoms. The third-order valence-electron chi connectivity index (χ3n) is 2.90. The molecule has 0 saturated carbocycles. The largest absolute Gasteiger partial charge is 0.497 e. The Labute approximate surface area is 123 Å². The number of rotatable bonds is 7. The lowest BCUT2D eigenvalue weighted by molar-refractivity contribution is -0.146. The fraction of sp³-hybridized carbons (Fsp3) is 0.429. The van der Waals surface area contributed by atoms with Crippen molar-refractivity contribution in [3.05, 3.63) is 29.8 Å². The molecule has 0 saturated heterocycles. The number of nitrogens with zero attached hydrogens (tertiary/aromatic N) is 1. The van der Waals surface area contributed by atoms with Crippen LogP contribution in [0.3, 0.4) is 0 Å². The van der Waals surface area contributed by atoms with Crippen LogP contribution in [-0.2, 0) is 16.1 Å². The zero-order valence-electron chi connectivity index (χ0n) is 11.8. The molecule has 0 amide bonds. The van der Waals surface area contributed by atoms with Gasteiger partial charge in [-0.1, -0.05) is 12.1 Å². The van der Waals surface area contributed by atoms with Gasteiger partial charge >= 0.3 is 5.97 Å². The van der Waals surface area contributed by atoms with Gasteiger partial charge in [0.2, 0.25) is 0 Å². The minimum absolute atomic E-state index is 0.326. The highest BCUT2D eigenvalue weighted by Crippen LogP contribution is 2.16. The molecular weight excluding hydrogens is 276 g/mol. The van der Waals surface area contributed by atoms with Gasteiger partial charge in [0.05, 0.1) is 14.2 Å². The summed E-state index contributed by atoms with van der Waals surface area (Å²) in [6.45, 7) is 2.23. The predicted molar refractivity (Wildman–Crippen MR) is 78.3 cm³/mol. The van der Waals surface area contributed by atoms with Crippen LogP contribution in [0.1, 0.15) is 12.5 Å². The summed E-state index contributed by atoms with van der Waals surface area (Å²) in [5, 5.41) is 13.8. The molecule has 0 heterocycles. The van der Waals surface area contributed by atoms with Crippen molar-refractivity contribution in [2.24, 2.45) is 0 Å². The summed E-state index contributed by atoms with van der Waals surface area (Å²) in [5.74, 6) is 0.727. The van der Waals surface area contributed by atoms with Gasteiger partial charge in [-0.05, 0) is 36.4 Å². The lowest BCUT2D eigenvalue weighted by Gasteiger charge is -2.26. The first kappa shape index (κ1) is 16.3. The van der Waals surface area contributed by atoms with E-state index in [-0.39, 0.29) is 5.97 Å². The van der Waals surface area contributed by atoms with Crippen molar-refractivity contribution in [3.8, 4) is 11.2 Å². The van der Waals surface area contributed by atoms with E-state index in [2.05, 4.69) is 5.32 Å². The molecule has 0 aliphatic carbocycles. The first-order valence-corrected chi connectivity index (χ1v) is 7.01. The van der Waals surface area contributed by atoms with E-state index < -0.39 is 5.54 Å². The molecule has 108 valence electrons. The van der Waals surface area contributed by atoms with Gasteiger partial charge in [0.15, 0.2) is 0 Å². The Hall–Kier alpha value is -1.71. The maximum Gasteiger partial charge on any atom is 0.326 e. The molecule has 0 aliphatic heterocycles. The van der Waals surface area contributed by atoms with Gasteiger partial charge in [-0.2, -0.15) is 5.26 Å². The average Bonchev–Trinajstić information content (AvgIpc) is 2.50. The number of esters is 1. The Kier molecular flexibility index (Phi) is 6.36. The Bertz CT molecular complexity index is 484. The van der Waals surface area contributed by atoms with Crippen LogP contribution in [0.5, 0.6) is 5.75 Å². The highest BCUT2D eigenvalue weighted by molar-refractivity contribution is 8.03. The van der Waals surface area contributed by atoms with Gasteiger partial charge in [0.1, 0.15) is 16.7 Å². The summed E-state index contributed by atoms with van der Waals surface area (Å²) in [5.41, 5.74) is 0.123. The monoisotopic (exact) mass is 294 g/mol. The molecule has 20 heavy (non-hydrogen) atoms. The van der Waals surface area contributed by atoms with Crippen molar-refractivity contribution in [1.82, 2.24) is 5.32 Å². The summed E-state index contributed by atoms with van der Waals surface area (Å²) in [4.78, 5) is 11.8. The lowest BCUT2D eigenvalue weighted by Crippen LogP contribution is -2.51. The average molecular weight is 294 g/mol. The number of nitrogens with one attached hydrogen (secondary N) is 1. The van der Waals surface area contributed by atoms with Crippen LogP contribution >= 0.6 is 11.8 Å². The SMILES string of the molecule is COC(=O)[C@@](C)(CSC#N)NCc1ccc(OC)cc1. The van der Waals surface area contributed by atoms with Gasteiger partial charge in [0, 0.05) is 12.3 Å². The van der Waals surface area contributed by atoms with E-state index in [4.69, 9.17) is 14.7 Å². The number of nitriles is 1. The number of hydrogen-bond acceptors (Lipinski definition) is 6. The maximum absolute atomic E-state index is 11.8. The summed E-state index contributed by atoms with van der Waals surface area (Å²) in [6.07, 6.45) is 0. The normalized spacial score (nSPS) is 13.1. The molecule has 0 aromatic heterocycles. The summed E-state index contributed by atoms with van der Waals surface area (Å²) >= 11 is 1.02. The van der Waals surface area contributed by atoms with Crippen molar-refractivity contribution in [2.75, 3.05) is 20.0 Å². The number of hydrogen-bond donors (Lipinski definition) is 1. The van der Waals surface area contributed by atoms with Gasteiger partial charge in [-0.3, -0.25) is 10.1 Å². The topological polar surface area (TPSA) is 71.4 Å². The van der Waals surface area contributed by atoms with Crippen LogP contribution < -0.4 is 10.1 Å². The standard InChI is InChI=1S/C14H18N2O3S/c1-14(9-20-10-15,13(17)19-3)16-8-11-4-6-12(18-2)7-5-11/h4-7,16H,8-9H2,1-3H3/t14-/m1/s1. The Morgan fingerprint density at radius 3 is 2.55 bits per heavy atom. The molecular formula is C14H18N2O3S. The van der Waals surface area contributed by atoms with E-state index in [1.54, 1.807) is 14.0 Å². The second kappa shape index (κ2) is 7.78. The van der Waals surface area contributed by atoms with Gasteiger partial charge in [-0.15, -0.1) is 0 Å². The van der Waals surface area contributed by atoms with Crippen LogP contribution in [0.2, 0.25) is 0 Å². The number of benzene rings is 1. The first-order chi connectivity index (χ1) is 9.55. The molecule has 0 radical (unpaired) electrons. The van der Waals surface area contributed by atoms with Gasteiger partial charge < -0.3 is 9.47 Å². The number of carbonyl (C=O) groups excluding carboxylic acids is 1. The van der Waals surface area contributed by atoms with Crippen LogP contribution in [0.4, 0.5) is 0 Å². The van der Waals surface area contributed by atoms with E-state index in [9.17, 15) is 4.79 Å². The van der Waals surface area contributed by atoms with Gasteiger partial charge in [-0.25, -0.2) is 0 Å². The quantitative estimate of drug-likeness (QED) is 0.612. The second-order valence-electron chi connectivity index (χ2n) is 4.41. The second-order valence-corrected chi connectivity index (χ2v) is 5.17. The number of thiocyanates is 1. The molecule has 6 heteroatoms. The predicted octanol–water partition coefficient (Wildman–Crippen LogP) is 1.93. The van der Waals surface area contributed by atoms with Crippen LogP contribution in [0, 0.1) is 10.7 Å². The first-order valence-electron chi connectivity index (χ1n) is 6.03. The summed E-state index contributed by atoms with van der Waals surface area (Å²) < 4.78 is 9.88. The van der Waals surface area contributed by atoms with Crippen LogP contribution in [0.15, 0.2) is 24.3 Å². The number of ether oxygens (including phenoxy) is 2. The summed E-state index contributed by atoms with van der Waals surface area (Å²) in [7, 11) is 2.95. The van der Waals surface area contributed by atoms with Gasteiger partial charge in [0.25, 0.3) is 0 Å². The number of methoxy groups -OCH3 is 2. The van der Waals surface area contributed by atoms with E-state index in [0.29, 0.717) is 12.3 Å². The molecule has 1 atom stereocenters. The highest BCUT2D eigenvalue weighted by atomic mass is 32.2. The maximum atomic E-state index is 11.8. The molecule has 0 bridgehead atoms. The van der Waals surface area contributed by atoms with Crippen LogP contribution in [-0.4, -0.2) is 31.5 Å². The number of carbonyl (C=O) groups is 1. The molecule has 5 nitrogen and oxygen atoms in total. The number of thioether (sulfide) groups is 1. The van der Waals surface area contributed by atoms with Crippen molar-refractivity contribution in [3.63, 3.8) is 0 Å². The van der Waals surface area contributed by atoms with E-state index in [1.807, 2.05) is 29.7 Å². The van der Waals surface area contributed by atoms with Crippen molar-refractivity contribution in [2.45, 2.75) is 19.0 Å². The van der Waals surface area contributed by atoms with Crippen molar-refractivity contribution >= 4 is 17.7 Å².